The van der Waals surface area contributed by atoms with Crippen molar-refractivity contribution in [1.82, 2.24) is 14.9 Å². The van der Waals surface area contributed by atoms with Crippen molar-refractivity contribution in [3.05, 3.63) is 112 Å². The van der Waals surface area contributed by atoms with Crippen LogP contribution < -0.4 is 10.2 Å². The van der Waals surface area contributed by atoms with E-state index >= 15 is 0 Å². The summed E-state index contributed by atoms with van der Waals surface area (Å²) in [5, 5.41) is 9.63. The number of H-pyrrole nitrogens is 1. The minimum atomic E-state index is 0.511. The SMILES string of the molecule is Cc1ccccc1COc1ccc2ccccc2c1CNn1c(-c2ccccc2)n[nH]c1=S. The number of rotatable bonds is 7. The molecule has 0 aliphatic heterocycles. The molecule has 1 heterocycles. The van der Waals surface area contributed by atoms with E-state index in [0.717, 1.165) is 33.5 Å². The van der Waals surface area contributed by atoms with Gasteiger partial charge in [-0.1, -0.05) is 84.9 Å². The van der Waals surface area contributed by atoms with Gasteiger partial charge in [-0.25, -0.2) is 9.77 Å². The molecule has 1 aromatic heterocycles. The number of aromatic amines is 1. The van der Waals surface area contributed by atoms with E-state index in [2.05, 4.69) is 58.9 Å². The molecule has 0 fully saturated rings. The molecule has 0 atom stereocenters. The van der Waals surface area contributed by atoms with E-state index in [1.807, 2.05) is 59.3 Å². The fraction of sp³-hybridized carbons (Fsp3) is 0.111. The van der Waals surface area contributed by atoms with Crippen LogP contribution in [0.15, 0.2) is 91.0 Å². The monoisotopic (exact) mass is 452 g/mol. The Balaban J connectivity index is 1.48. The second kappa shape index (κ2) is 9.30. The number of nitrogens with zero attached hydrogens (tertiary/aromatic N) is 2. The Kier molecular flexibility index (Phi) is 5.91. The maximum absolute atomic E-state index is 6.33. The molecular formula is C27H24N4OS. The first kappa shape index (κ1) is 21.0. The quantitative estimate of drug-likeness (QED) is 0.281. The van der Waals surface area contributed by atoms with Crippen LogP contribution in [0.1, 0.15) is 16.7 Å². The van der Waals surface area contributed by atoms with E-state index < -0.39 is 0 Å². The van der Waals surface area contributed by atoms with Crippen LogP contribution in [-0.2, 0) is 13.2 Å². The van der Waals surface area contributed by atoms with Gasteiger partial charge in [0.1, 0.15) is 12.4 Å². The molecule has 33 heavy (non-hydrogen) atoms. The van der Waals surface area contributed by atoms with Crippen molar-refractivity contribution in [3.63, 3.8) is 0 Å². The molecular weight excluding hydrogens is 428 g/mol. The van der Waals surface area contributed by atoms with Gasteiger partial charge in [0.2, 0.25) is 4.77 Å². The Bertz CT molecular complexity index is 1460. The molecule has 0 bridgehead atoms. The van der Waals surface area contributed by atoms with Gasteiger partial charge < -0.3 is 10.2 Å². The third-order valence-corrected chi connectivity index (χ3v) is 6.03. The van der Waals surface area contributed by atoms with Crippen molar-refractivity contribution in [3.8, 4) is 17.1 Å². The van der Waals surface area contributed by atoms with E-state index in [1.54, 1.807) is 0 Å². The van der Waals surface area contributed by atoms with Crippen LogP contribution in [0.4, 0.5) is 0 Å². The van der Waals surface area contributed by atoms with Gasteiger partial charge in [-0.05, 0) is 47.1 Å². The van der Waals surface area contributed by atoms with Crippen LogP contribution in [0.3, 0.4) is 0 Å². The second-order valence-electron chi connectivity index (χ2n) is 7.87. The number of benzene rings is 4. The van der Waals surface area contributed by atoms with E-state index in [4.69, 9.17) is 17.0 Å². The average molecular weight is 453 g/mol. The molecule has 5 rings (SSSR count). The summed E-state index contributed by atoms with van der Waals surface area (Å²) in [7, 11) is 0. The molecule has 0 saturated heterocycles. The van der Waals surface area contributed by atoms with Crippen LogP contribution in [-0.4, -0.2) is 14.9 Å². The number of ether oxygens (including phenoxy) is 1. The molecule has 2 N–H and O–H groups in total. The highest BCUT2D eigenvalue weighted by atomic mass is 32.1. The molecule has 164 valence electrons. The first-order valence-corrected chi connectivity index (χ1v) is 11.3. The summed E-state index contributed by atoms with van der Waals surface area (Å²) < 4.78 is 8.66. The molecule has 0 unspecified atom stereocenters. The summed E-state index contributed by atoms with van der Waals surface area (Å²) in [5.74, 6) is 1.59. The van der Waals surface area contributed by atoms with Gasteiger partial charge >= 0.3 is 0 Å². The van der Waals surface area contributed by atoms with Crippen molar-refractivity contribution in [2.75, 3.05) is 5.43 Å². The Morgan fingerprint density at radius 3 is 2.52 bits per heavy atom. The number of nitrogens with one attached hydrogen (secondary N) is 2. The van der Waals surface area contributed by atoms with E-state index in [9.17, 15) is 0 Å². The minimum Gasteiger partial charge on any atom is -0.489 e. The maximum Gasteiger partial charge on any atom is 0.214 e. The predicted octanol–water partition coefficient (Wildman–Crippen LogP) is 6.39. The summed E-state index contributed by atoms with van der Waals surface area (Å²) in [5.41, 5.74) is 7.90. The van der Waals surface area contributed by atoms with Gasteiger partial charge in [0, 0.05) is 11.1 Å². The summed E-state index contributed by atoms with van der Waals surface area (Å²) in [4.78, 5) is 0. The van der Waals surface area contributed by atoms with Crippen LogP contribution >= 0.6 is 12.2 Å². The first-order chi connectivity index (χ1) is 16.2. The lowest BCUT2D eigenvalue weighted by molar-refractivity contribution is 0.303. The fourth-order valence-corrected chi connectivity index (χ4v) is 4.14. The maximum atomic E-state index is 6.33. The highest BCUT2D eigenvalue weighted by molar-refractivity contribution is 7.71. The summed E-state index contributed by atoms with van der Waals surface area (Å²) in [6.45, 7) is 3.14. The highest BCUT2D eigenvalue weighted by Crippen LogP contribution is 2.29. The van der Waals surface area contributed by atoms with Gasteiger partial charge in [-0.15, -0.1) is 0 Å². The van der Waals surface area contributed by atoms with Crippen molar-refractivity contribution in [2.24, 2.45) is 0 Å². The molecule has 0 aliphatic carbocycles. The molecule has 0 aliphatic rings. The van der Waals surface area contributed by atoms with E-state index in [-0.39, 0.29) is 0 Å². The zero-order chi connectivity index (χ0) is 22.6. The molecule has 0 spiro atoms. The number of fused-ring (bicyclic) bond motifs is 1. The lowest BCUT2D eigenvalue weighted by Gasteiger charge is -2.17. The molecule has 0 amide bonds. The van der Waals surface area contributed by atoms with Crippen LogP contribution in [0.5, 0.6) is 5.75 Å². The summed E-state index contributed by atoms with van der Waals surface area (Å²) >= 11 is 5.50. The van der Waals surface area contributed by atoms with Crippen molar-refractivity contribution < 1.29 is 4.74 Å². The number of hydrogen-bond acceptors (Lipinski definition) is 4. The standard InChI is InChI=1S/C27H24N4OS/c1-19-9-5-6-13-22(19)18-32-25-16-15-20-10-7-8-14-23(20)24(25)17-28-31-26(29-30-27(31)33)21-11-3-2-4-12-21/h2-16,28H,17-18H2,1H3,(H,30,33). The Hall–Kier alpha value is -3.90. The van der Waals surface area contributed by atoms with Gasteiger partial charge in [-0.3, -0.25) is 0 Å². The smallest absolute Gasteiger partial charge is 0.214 e. The van der Waals surface area contributed by atoms with E-state index in [0.29, 0.717) is 17.9 Å². The number of aromatic nitrogens is 3. The second-order valence-corrected chi connectivity index (χ2v) is 8.25. The Morgan fingerprint density at radius 1 is 0.909 bits per heavy atom. The van der Waals surface area contributed by atoms with Crippen LogP contribution in [0.25, 0.3) is 22.2 Å². The zero-order valence-electron chi connectivity index (χ0n) is 18.3. The molecule has 5 aromatic rings. The largest absolute Gasteiger partial charge is 0.489 e. The van der Waals surface area contributed by atoms with Crippen molar-refractivity contribution >= 4 is 23.0 Å². The minimum absolute atomic E-state index is 0.511. The van der Waals surface area contributed by atoms with Gasteiger partial charge in [0.15, 0.2) is 5.82 Å². The third kappa shape index (κ3) is 4.38. The zero-order valence-corrected chi connectivity index (χ0v) is 19.1. The Morgan fingerprint density at radius 2 is 1.67 bits per heavy atom. The summed E-state index contributed by atoms with van der Waals surface area (Å²) in [6.07, 6.45) is 0. The number of hydrogen-bond donors (Lipinski definition) is 2. The fourth-order valence-electron chi connectivity index (χ4n) is 3.94. The van der Waals surface area contributed by atoms with Gasteiger partial charge in [0.05, 0.1) is 6.54 Å². The van der Waals surface area contributed by atoms with Crippen molar-refractivity contribution in [1.29, 1.82) is 0 Å². The Labute approximate surface area is 197 Å². The first-order valence-electron chi connectivity index (χ1n) is 10.9. The van der Waals surface area contributed by atoms with Crippen molar-refractivity contribution in [2.45, 2.75) is 20.1 Å². The third-order valence-electron chi connectivity index (χ3n) is 5.76. The molecule has 0 saturated carbocycles. The topological polar surface area (TPSA) is 54.9 Å². The molecule has 6 heteroatoms. The van der Waals surface area contributed by atoms with E-state index in [1.165, 1.54) is 11.1 Å². The average Bonchev–Trinajstić information content (AvgIpc) is 3.23. The molecule has 0 radical (unpaired) electrons. The lowest BCUT2D eigenvalue weighted by atomic mass is 10.0. The summed E-state index contributed by atoms with van der Waals surface area (Å²) in [6, 6.07) is 30.8. The lowest BCUT2D eigenvalue weighted by Crippen LogP contribution is -2.17. The predicted molar refractivity (Wildman–Crippen MR) is 135 cm³/mol. The normalized spacial score (nSPS) is 10.9. The van der Waals surface area contributed by atoms with Crippen LogP contribution in [0.2, 0.25) is 0 Å². The van der Waals surface area contributed by atoms with Gasteiger partial charge in [-0.2, -0.15) is 5.10 Å². The molecule has 5 nitrogen and oxygen atoms in total. The highest BCUT2D eigenvalue weighted by Gasteiger charge is 2.13. The van der Waals surface area contributed by atoms with Gasteiger partial charge in [0.25, 0.3) is 0 Å². The molecule has 4 aromatic carbocycles. The number of aryl methyl sites for hydroxylation is 1. The van der Waals surface area contributed by atoms with Crippen LogP contribution in [0, 0.1) is 11.7 Å².